The lowest BCUT2D eigenvalue weighted by molar-refractivity contribution is 0.529. The van der Waals surface area contributed by atoms with E-state index in [4.69, 9.17) is 0 Å². The van der Waals surface area contributed by atoms with Crippen LogP contribution in [-0.4, -0.2) is 0 Å². The van der Waals surface area contributed by atoms with E-state index in [1.54, 1.807) is 0 Å². The molecule has 2 unspecified atom stereocenters. The van der Waals surface area contributed by atoms with Crippen molar-refractivity contribution in [3.8, 4) is 0 Å². The minimum Gasteiger partial charge on any atom is -0.0956 e. The van der Waals surface area contributed by atoms with Crippen molar-refractivity contribution in [2.75, 3.05) is 0 Å². The Balaban J connectivity index is 4.12. The molecule has 0 amide bonds. The predicted molar refractivity (Wildman–Crippen MR) is 66.3 cm³/mol. The minimum atomic E-state index is 0.580. The zero-order valence-electron chi connectivity index (χ0n) is 10.3. The maximum absolute atomic E-state index is 4.07. The third kappa shape index (κ3) is 5.80. The molecule has 0 radical (unpaired) electrons. The van der Waals surface area contributed by atoms with Crippen LogP contribution in [0.25, 0.3) is 0 Å². The third-order valence-corrected chi connectivity index (χ3v) is 2.36. The Kier molecular flexibility index (Phi) is 6.27. The highest BCUT2D eigenvalue weighted by molar-refractivity contribution is 5.16. The van der Waals surface area contributed by atoms with Crippen LogP contribution < -0.4 is 0 Å². The molecule has 2 atom stereocenters. The van der Waals surface area contributed by atoms with Gasteiger partial charge in [0.05, 0.1) is 0 Å². The summed E-state index contributed by atoms with van der Waals surface area (Å²) in [5.41, 5.74) is 2.64. The quantitative estimate of drug-likeness (QED) is 0.435. The summed E-state index contributed by atoms with van der Waals surface area (Å²) >= 11 is 0. The van der Waals surface area contributed by atoms with Gasteiger partial charge in [-0.3, -0.25) is 0 Å². The van der Waals surface area contributed by atoms with Gasteiger partial charge in [0.2, 0.25) is 0 Å². The number of rotatable bonds is 5. The summed E-state index contributed by atoms with van der Waals surface area (Å²) in [6.45, 7) is 14.9. The summed E-state index contributed by atoms with van der Waals surface area (Å²) in [6.07, 6.45) is 7.69. The van der Waals surface area contributed by atoms with Gasteiger partial charge in [0, 0.05) is 0 Å². The van der Waals surface area contributed by atoms with Gasteiger partial charge in [-0.25, -0.2) is 0 Å². The van der Waals surface area contributed by atoms with Crippen molar-refractivity contribution >= 4 is 0 Å². The molecule has 0 saturated heterocycles. The molecule has 0 heteroatoms. The van der Waals surface area contributed by atoms with Crippen molar-refractivity contribution in [2.24, 2.45) is 11.8 Å². The Hall–Kier alpha value is -0.780. The second-order valence-electron chi connectivity index (χ2n) is 4.43. The van der Waals surface area contributed by atoms with Crippen molar-refractivity contribution in [1.29, 1.82) is 0 Å². The zero-order valence-corrected chi connectivity index (χ0v) is 10.3. The minimum absolute atomic E-state index is 0.580. The molecule has 0 rings (SSSR count). The van der Waals surface area contributed by atoms with Gasteiger partial charge < -0.3 is 0 Å². The van der Waals surface area contributed by atoms with Gasteiger partial charge in [-0.15, -0.1) is 0 Å². The molecule has 80 valence electrons. The Morgan fingerprint density at radius 3 is 2.29 bits per heavy atom. The summed E-state index contributed by atoms with van der Waals surface area (Å²) < 4.78 is 0. The second kappa shape index (κ2) is 6.64. The molecular formula is C14H24. The average Bonchev–Trinajstić information content (AvgIpc) is 2.02. The SMILES string of the molecule is C=C(/C=C\C)C(C)CC(C)C=C(C)C. The number of hydrogen-bond acceptors (Lipinski definition) is 0. The van der Waals surface area contributed by atoms with Crippen LogP contribution in [0, 0.1) is 11.8 Å². The normalized spacial score (nSPS) is 15.2. The summed E-state index contributed by atoms with van der Waals surface area (Å²) in [4.78, 5) is 0. The van der Waals surface area contributed by atoms with Crippen LogP contribution in [0.15, 0.2) is 36.0 Å². The molecule has 0 saturated carbocycles. The Bertz CT molecular complexity index is 226. The van der Waals surface area contributed by atoms with E-state index in [0.29, 0.717) is 11.8 Å². The van der Waals surface area contributed by atoms with Crippen LogP contribution in [0.4, 0.5) is 0 Å². The van der Waals surface area contributed by atoms with Gasteiger partial charge in [-0.1, -0.05) is 49.8 Å². The average molecular weight is 192 g/mol. The van der Waals surface area contributed by atoms with Crippen LogP contribution in [-0.2, 0) is 0 Å². The van der Waals surface area contributed by atoms with E-state index in [2.05, 4.69) is 52.5 Å². The van der Waals surface area contributed by atoms with Gasteiger partial charge in [0.25, 0.3) is 0 Å². The highest BCUT2D eigenvalue weighted by Crippen LogP contribution is 2.21. The molecule has 0 nitrogen and oxygen atoms in total. The van der Waals surface area contributed by atoms with Crippen molar-refractivity contribution in [3.05, 3.63) is 36.0 Å². The molecule has 0 bridgehead atoms. The number of hydrogen-bond donors (Lipinski definition) is 0. The fraction of sp³-hybridized carbons (Fsp3) is 0.571. The molecule has 14 heavy (non-hydrogen) atoms. The lowest BCUT2D eigenvalue weighted by Gasteiger charge is -2.15. The highest BCUT2D eigenvalue weighted by atomic mass is 14.1. The molecule has 0 aromatic carbocycles. The molecule has 0 aliphatic heterocycles. The topological polar surface area (TPSA) is 0 Å². The molecular weight excluding hydrogens is 168 g/mol. The van der Waals surface area contributed by atoms with Gasteiger partial charge >= 0.3 is 0 Å². The molecule has 0 aromatic heterocycles. The summed E-state index contributed by atoms with van der Waals surface area (Å²) in [6, 6.07) is 0. The molecule has 0 heterocycles. The molecule has 0 N–H and O–H groups in total. The lowest BCUT2D eigenvalue weighted by atomic mass is 9.90. The van der Waals surface area contributed by atoms with Gasteiger partial charge in [-0.05, 0) is 39.0 Å². The van der Waals surface area contributed by atoms with Crippen LogP contribution in [0.3, 0.4) is 0 Å². The van der Waals surface area contributed by atoms with Crippen molar-refractivity contribution < 1.29 is 0 Å². The second-order valence-corrected chi connectivity index (χ2v) is 4.43. The van der Waals surface area contributed by atoms with Gasteiger partial charge in [0.15, 0.2) is 0 Å². The van der Waals surface area contributed by atoms with E-state index >= 15 is 0 Å². The lowest BCUT2D eigenvalue weighted by Crippen LogP contribution is -2.02. The Labute approximate surface area is 89.4 Å². The molecule has 0 fully saturated rings. The first-order chi connectivity index (χ1) is 6.47. The van der Waals surface area contributed by atoms with Crippen LogP contribution >= 0.6 is 0 Å². The Morgan fingerprint density at radius 1 is 1.29 bits per heavy atom. The van der Waals surface area contributed by atoms with Crippen LogP contribution in [0.1, 0.15) is 41.0 Å². The number of allylic oxidation sites excluding steroid dienone is 5. The Morgan fingerprint density at radius 2 is 1.86 bits per heavy atom. The fourth-order valence-electron chi connectivity index (χ4n) is 1.72. The third-order valence-electron chi connectivity index (χ3n) is 2.36. The monoisotopic (exact) mass is 192 g/mol. The van der Waals surface area contributed by atoms with E-state index in [9.17, 15) is 0 Å². The maximum atomic E-state index is 4.07. The first kappa shape index (κ1) is 13.2. The van der Waals surface area contributed by atoms with Crippen molar-refractivity contribution in [3.63, 3.8) is 0 Å². The van der Waals surface area contributed by atoms with E-state index in [0.717, 1.165) is 0 Å². The zero-order chi connectivity index (χ0) is 11.1. The molecule has 0 aliphatic carbocycles. The summed E-state index contributed by atoms with van der Waals surface area (Å²) in [5.74, 6) is 1.23. The van der Waals surface area contributed by atoms with E-state index in [1.807, 2.05) is 6.92 Å². The maximum Gasteiger partial charge on any atom is -0.0191 e. The summed E-state index contributed by atoms with van der Waals surface area (Å²) in [7, 11) is 0. The first-order valence-corrected chi connectivity index (χ1v) is 5.43. The predicted octanol–water partition coefficient (Wildman–Crippen LogP) is 4.75. The van der Waals surface area contributed by atoms with Crippen molar-refractivity contribution in [2.45, 2.75) is 41.0 Å². The van der Waals surface area contributed by atoms with Crippen molar-refractivity contribution in [1.82, 2.24) is 0 Å². The molecule has 0 aliphatic rings. The van der Waals surface area contributed by atoms with Crippen LogP contribution in [0.2, 0.25) is 0 Å². The molecule has 0 spiro atoms. The fourth-order valence-corrected chi connectivity index (χ4v) is 1.72. The van der Waals surface area contributed by atoms with Gasteiger partial charge in [-0.2, -0.15) is 0 Å². The first-order valence-electron chi connectivity index (χ1n) is 5.43. The smallest absolute Gasteiger partial charge is 0.0191 e. The van der Waals surface area contributed by atoms with Gasteiger partial charge in [0.1, 0.15) is 0 Å². The highest BCUT2D eigenvalue weighted by Gasteiger charge is 2.07. The van der Waals surface area contributed by atoms with E-state index < -0.39 is 0 Å². The molecule has 0 aromatic rings. The van der Waals surface area contributed by atoms with E-state index in [1.165, 1.54) is 17.6 Å². The largest absolute Gasteiger partial charge is 0.0956 e. The van der Waals surface area contributed by atoms with Crippen LogP contribution in [0.5, 0.6) is 0 Å². The van der Waals surface area contributed by atoms with E-state index in [-0.39, 0.29) is 0 Å². The summed E-state index contributed by atoms with van der Waals surface area (Å²) in [5, 5.41) is 0. The standard InChI is InChI=1S/C14H24/c1-7-8-13(5)14(6)10-12(4)9-11(2)3/h7-9,12,14H,5,10H2,1-4,6H3/b8-7-.